The maximum Gasteiger partial charge on any atom is 0.339 e. The van der Waals surface area contributed by atoms with Crippen LogP contribution in [0.15, 0.2) is 30.3 Å². The van der Waals surface area contributed by atoms with E-state index in [4.69, 9.17) is 32.7 Å². The van der Waals surface area contributed by atoms with Crippen molar-refractivity contribution < 1.29 is 19.1 Å². The molecular formula is C15H14Cl2O4. The number of esters is 2. The zero-order valence-corrected chi connectivity index (χ0v) is 12.7. The molecule has 0 N–H and O–H groups in total. The molecule has 0 saturated heterocycles. The van der Waals surface area contributed by atoms with Gasteiger partial charge in [0.25, 0.3) is 0 Å². The minimum absolute atomic E-state index is 0.0108. The van der Waals surface area contributed by atoms with Crippen molar-refractivity contribution >= 4 is 40.7 Å². The molecule has 112 valence electrons. The van der Waals surface area contributed by atoms with E-state index in [1.807, 2.05) is 0 Å². The summed E-state index contributed by atoms with van der Waals surface area (Å²) in [5.41, 5.74) is 1.11. The summed E-state index contributed by atoms with van der Waals surface area (Å²) >= 11 is 11.4. The first kappa shape index (κ1) is 15.9. The average molecular weight is 329 g/mol. The maximum atomic E-state index is 11.8. The van der Waals surface area contributed by atoms with Crippen LogP contribution in [-0.4, -0.2) is 30.5 Å². The predicted molar refractivity (Wildman–Crippen MR) is 80.2 cm³/mol. The van der Waals surface area contributed by atoms with Crippen molar-refractivity contribution in [2.45, 2.75) is 18.9 Å². The van der Waals surface area contributed by atoms with E-state index in [0.717, 1.165) is 0 Å². The Morgan fingerprint density at radius 1 is 1.38 bits per heavy atom. The molecule has 1 aliphatic rings. The lowest BCUT2D eigenvalue weighted by Crippen LogP contribution is -2.18. The van der Waals surface area contributed by atoms with Gasteiger partial charge < -0.3 is 9.47 Å². The van der Waals surface area contributed by atoms with Crippen LogP contribution in [0, 0.1) is 0 Å². The number of hydrogen-bond donors (Lipinski definition) is 0. The fraction of sp³-hybridized carbons (Fsp3) is 0.333. The minimum atomic E-state index is -0.563. The zero-order chi connectivity index (χ0) is 15.2. The highest BCUT2D eigenvalue weighted by molar-refractivity contribution is 6.31. The van der Waals surface area contributed by atoms with Gasteiger partial charge in [0.1, 0.15) is 6.61 Å². The Morgan fingerprint density at radius 3 is 2.90 bits per heavy atom. The van der Waals surface area contributed by atoms with E-state index in [-0.39, 0.29) is 19.0 Å². The lowest BCUT2D eigenvalue weighted by molar-refractivity contribution is -0.151. The number of alkyl halides is 1. The van der Waals surface area contributed by atoms with E-state index < -0.39 is 12.1 Å². The highest BCUT2D eigenvalue weighted by Gasteiger charge is 2.27. The number of carbonyl (C=O) groups excluding carboxylic acids is 2. The van der Waals surface area contributed by atoms with Crippen molar-refractivity contribution in [3.05, 3.63) is 40.9 Å². The molecule has 1 heterocycles. The predicted octanol–water partition coefficient (Wildman–Crippen LogP) is 3.21. The summed E-state index contributed by atoms with van der Waals surface area (Å²) in [6, 6.07) is 6.94. The van der Waals surface area contributed by atoms with Gasteiger partial charge in [0, 0.05) is 17.3 Å². The molecule has 21 heavy (non-hydrogen) atoms. The largest absolute Gasteiger partial charge is 0.461 e. The molecule has 0 aliphatic carbocycles. The van der Waals surface area contributed by atoms with Gasteiger partial charge in [0.15, 0.2) is 6.10 Å². The van der Waals surface area contributed by atoms with E-state index in [9.17, 15) is 9.59 Å². The van der Waals surface area contributed by atoms with Crippen molar-refractivity contribution in [3.8, 4) is 0 Å². The van der Waals surface area contributed by atoms with Gasteiger partial charge in [0.05, 0.1) is 5.57 Å². The second-order valence-electron chi connectivity index (χ2n) is 4.51. The number of carbonyl (C=O) groups is 2. The molecule has 0 spiro atoms. The van der Waals surface area contributed by atoms with Crippen LogP contribution in [0.1, 0.15) is 18.4 Å². The zero-order valence-electron chi connectivity index (χ0n) is 11.2. The van der Waals surface area contributed by atoms with Crippen LogP contribution in [0.4, 0.5) is 0 Å². The SMILES string of the molecule is O=C(CCCCl)OCC1C=C(c2cccc(Cl)c2)C(=O)O1. The molecule has 0 bridgehead atoms. The van der Waals surface area contributed by atoms with Gasteiger partial charge in [-0.2, -0.15) is 0 Å². The molecule has 0 fully saturated rings. The summed E-state index contributed by atoms with van der Waals surface area (Å²) in [6.07, 6.45) is 1.90. The van der Waals surface area contributed by atoms with Crippen molar-refractivity contribution in [2.75, 3.05) is 12.5 Å². The number of hydrogen-bond acceptors (Lipinski definition) is 4. The number of ether oxygens (including phenoxy) is 2. The molecule has 1 aromatic carbocycles. The lowest BCUT2D eigenvalue weighted by Gasteiger charge is -2.08. The Balaban J connectivity index is 1.96. The van der Waals surface area contributed by atoms with E-state index >= 15 is 0 Å². The Morgan fingerprint density at radius 2 is 2.19 bits per heavy atom. The summed E-state index contributed by atoms with van der Waals surface area (Å²) in [7, 11) is 0. The number of benzene rings is 1. The van der Waals surface area contributed by atoms with Crippen LogP contribution in [0.5, 0.6) is 0 Å². The monoisotopic (exact) mass is 328 g/mol. The van der Waals surface area contributed by atoms with Crippen LogP contribution in [0.3, 0.4) is 0 Å². The van der Waals surface area contributed by atoms with Crippen LogP contribution in [-0.2, 0) is 19.1 Å². The van der Waals surface area contributed by atoms with E-state index in [2.05, 4.69) is 0 Å². The van der Waals surface area contributed by atoms with Crippen molar-refractivity contribution in [2.24, 2.45) is 0 Å². The number of cyclic esters (lactones) is 1. The minimum Gasteiger partial charge on any atom is -0.461 e. The molecule has 0 saturated carbocycles. The summed E-state index contributed by atoms with van der Waals surface area (Å²) in [5, 5.41) is 0.539. The van der Waals surface area contributed by atoms with Crippen LogP contribution >= 0.6 is 23.2 Å². The molecule has 1 aliphatic heterocycles. The smallest absolute Gasteiger partial charge is 0.339 e. The molecule has 4 nitrogen and oxygen atoms in total. The standard InChI is InChI=1S/C15H14Cl2O4/c16-6-2-5-14(18)20-9-12-8-13(15(19)21-12)10-3-1-4-11(17)7-10/h1,3-4,7-8,12H,2,5-6,9H2. The highest BCUT2D eigenvalue weighted by Crippen LogP contribution is 2.26. The third kappa shape index (κ3) is 4.48. The third-order valence-electron chi connectivity index (χ3n) is 2.89. The van der Waals surface area contributed by atoms with Gasteiger partial charge in [-0.1, -0.05) is 23.7 Å². The van der Waals surface area contributed by atoms with Crippen molar-refractivity contribution in [1.82, 2.24) is 0 Å². The molecule has 2 rings (SSSR count). The summed E-state index contributed by atoms with van der Waals surface area (Å²) in [4.78, 5) is 23.2. The van der Waals surface area contributed by atoms with Gasteiger partial charge >= 0.3 is 11.9 Å². The fourth-order valence-corrected chi connectivity index (χ4v) is 2.22. The van der Waals surface area contributed by atoms with E-state index in [1.165, 1.54) is 0 Å². The van der Waals surface area contributed by atoms with Gasteiger partial charge in [-0.3, -0.25) is 4.79 Å². The Hall–Kier alpha value is -1.52. The topological polar surface area (TPSA) is 52.6 Å². The lowest BCUT2D eigenvalue weighted by atomic mass is 10.1. The molecule has 0 aromatic heterocycles. The fourth-order valence-electron chi connectivity index (χ4n) is 1.90. The average Bonchev–Trinajstić information content (AvgIpc) is 2.84. The first-order valence-electron chi connectivity index (χ1n) is 6.50. The van der Waals surface area contributed by atoms with Crippen molar-refractivity contribution in [3.63, 3.8) is 0 Å². The highest BCUT2D eigenvalue weighted by atomic mass is 35.5. The third-order valence-corrected chi connectivity index (χ3v) is 3.39. The summed E-state index contributed by atoms with van der Waals surface area (Å²) in [6.45, 7) is 0.0108. The van der Waals surface area contributed by atoms with Gasteiger partial charge in [-0.05, 0) is 30.2 Å². The van der Waals surface area contributed by atoms with Crippen LogP contribution < -0.4 is 0 Å². The Bertz CT molecular complexity index is 569. The van der Waals surface area contributed by atoms with Crippen molar-refractivity contribution in [1.29, 1.82) is 0 Å². The molecule has 0 amide bonds. The normalized spacial score (nSPS) is 17.3. The summed E-state index contributed by atoms with van der Waals surface area (Å²) < 4.78 is 10.2. The summed E-state index contributed by atoms with van der Waals surface area (Å²) in [5.74, 6) is -0.387. The van der Waals surface area contributed by atoms with E-state index in [0.29, 0.717) is 28.5 Å². The molecular weight excluding hydrogens is 315 g/mol. The second-order valence-corrected chi connectivity index (χ2v) is 5.32. The Kier molecular flexibility index (Phi) is 5.65. The molecule has 1 unspecified atom stereocenters. The van der Waals surface area contributed by atoms with Crippen LogP contribution in [0.2, 0.25) is 5.02 Å². The molecule has 1 atom stereocenters. The first-order valence-corrected chi connectivity index (χ1v) is 7.41. The first-order chi connectivity index (χ1) is 10.1. The molecule has 6 heteroatoms. The van der Waals surface area contributed by atoms with Crippen LogP contribution in [0.25, 0.3) is 5.57 Å². The molecule has 1 aromatic rings. The number of rotatable bonds is 6. The maximum absolute atomic E-state index is 11.8. The van der Waals surface area contributed by atoms with Gasteiger partial charge in [0.2, 0.25) is 0 Å². The van der Waals surface area contributed by atoms with E-state index in [1.54, 1.807) is 30.3 Å². The molecule has 0 radical (unpaired) electrons. The van der Waals surface area contributed by atoms with Gasteiger partial charge in [-0.15, -0.1) is 11.6 Å². The van der Waals surface area contributed by atoms with Gasteiger partial charge in [-0.25, -0.2) is 4.79 Å². The second kappa shape index (κ2) is 7.48. The Labute approximate surface area is 132 Å². The quantitative estimate of drug-likeness (QED) is 0.594. The number of halogens is 2.